The summed E-state index contributed by atoms with van der Waals surface area (Å²) >= 11 is 8.61. The van der Waals surface area contributed by atoms with Crippen LogP contribution in [0.1, 0.15) is 10.4 Å². The molecule has 0 heterocycles. The lowest BCUT2D eigenvalue weighted by Gasteiger charge is -2.00. The average Bonchev–Trinajstić information content (AvgIpc) is 2.08. The molecule has 0 aliphatic rings. The Labute approximate surface area is 83.8 Å². The van der Waals surface area contributed by atoms with E-state index < -0.39 is 0 Å². The van der Waals surface area contributed by atoms with E-state index in [0.717, 1.165) is 4.47 Å². The number of halogens is 2. The molecule has 64 valence electrons. The summed E-state index contributed by atoms with van der Waals surface area (Å²) in [5.74, 6) is -0.128. The van der Waals surface area contributed by atoms with Crippen LogP contribution in [-0.2, 0) is 0 Å². The zero-order chi connectivity index (χ0) is 9.14. The van der Waals surface area contributed by atoms with Gasteiger partial charge < -0.3 is 5.73 Å². The van der Waals surface area contributed by atoms with Crippen molar-refractivity contribution in [3.05, 3.63) is 28.2 Å². The van der Waals surface area contributed by atoms with Crippen molar-refractivity contribution in [3.8, 4) is 0 Å². The first-order valence-corrected chi connectivity index (χ1v) is 4.62. The Hall–Kier alpha value is -0.540. The van der Waals surface area contributed by atoms with Crippen LogP contribution >= 0.6 is 27.5 Å². The standard InChI is InChI=1S/C8H7BrClNO/c9-6-2-1-5(3-7(6)11)8(12)4-10/h1-3H,4,11H2. The van der Waals surface area contributed by atoms with Crippen molar-refractivity contribution < 1.29 is 4.79 Å². The monoisotopic (exact) mass is 247 g/mol. The molecule has 4 heteroatoms. The summed E-state index contributed by atoms with van der Waals surface area (Å²) in [6.07, 6.45) is 0. The fraction of sp³-hybridized carbons (Fsp3) is 0.125. The summed E-state index contributed by atoms with van der Waals surface area (Å²) < 4.78 is 0.786. The van der Waals surface area contributed by atoms with E-state index in [1.807, 2.05) is 0 Å². The molecule has 0 unspecified atom stereocenters. The quantitative estimate of drug-likeness (QED) is 0.496. The Balaban J connectivity index is 3.05. The molecule has 0 saturated heterocycles. The summed E-state index contributed by atoms with van der Waals surface area (Å²) in [6, 6.07) is 5.02. The fourth-order valence-corrected chi connectivity index (χ4v) is 1.20. The summed E-state index contributed by atoms with van der Waals surface area (Å²) in [5, 5.41) is 0. The molecule has 0 atom stereocenters. The third-order valence-electron chi connectivity index (χ3n) is 1.44. The Kier molecular flexibility index (Phi) is 3.12. The Morgan fingerprint density at radius 1 is 1.58 bits per heavy atom. The van der Waals surface area contributed by atoms with Gasteiger partial charge in [0.1, 0.15) is 0 Å². The number of hydrogen-bond acceptors (Lipinski definition) is 2. The topological polar surface area (TPSA) is 43.1 Å². The maximum absolute atomic E-state index is 11.1. The highest BCUT2D eigenvalue weighted by atomic mass is 79.9. The molecule has 0 aliphatic carbocycles. The lowest BCUT2D eigenvalue weighted by molar-refractivity contribution is 0.102. The van der Waals surface area contributed by atoms with Crippen LogP contribution in [0.3, 0.4) is 0 Å². The van der Waals surface area contributed by atoms with Crippen molar-refractivity contribution in [2.24, 2.45) is 0 Å². The Morgan fingerprint density at radius 3 is 2.75 bits per heavy atom. The number of rotatable bonds is 2. The molecular weight excluding hydrogens is 241 g/mol. The predicted molar refractivity (Wildman–Crippen MR) is 53.6 cm³/mol. The summed E-state index contributed by atoms with van der Waals surface area (Å²) in [4.78, 5) is 11.1. The molecule has 1 aromatic rings. The number of nitrogen functional groups attached to an aromatic ring is 1. The lowest BCUT2D eigenvalue weighted by Crippen LogP contribution is -2.01. The molecule has 0 bridgehead atoms. The van der Waals surface area contributed by atoms with Gasteiger partial charge in [-0.25, -0.2) is 0 Å². The number of anilines is 1. The molecule has 1 rings (SSSR count). The third kappa shape index (κ3) is 1.99. The maximum atomic E-state index is 11.1. The van der Waals surface area contributed by atoms with E-state index in [2.05, 4.69) is 15.9 Å². The van der Waals surface area contributed by atoms with Gasteiger partial charge in [-0.15, -0.1) is 11.6 Å². The van der Waals surface area contributed by atoms with Crippen LogP contribution in [0.25, 0.3) is 0 Å². The van der Waals surface area contributed by atoms with Crippen LogP contribution in [0.4, 0.5) is 5.69 Å². The zero-order valence-electron chi connectivity index (χ0n) is 6.18. The van der Waals surface area contributed by atoms with Crippen molar-refractivity contribution in [2.75, 3.05) is 11.6 Å². The minimum Gasteiger partial charge on any atom is -0.398 e. The van der Waals surface area contributed by atoms with E-state index in [-0.39, 0.29) is 11.7 Å². The van der Waals surface area contributed by atoms with Crippen LogP contribution < -0.4 is 5.73 Å². The van der Waals surface area contributed by atoms with Gasteiger partial charge in [-0.3, -0.25) is 4.79 Å². The molecule has 0 saturated carbocycles. The molecule has 2 nitrogen and oxygen atoms in total. The van der Waals surface area contributed by atoms with Crippen LogP contribution in [0.2, 0.25) is 0 Å². The second-order valence-corrected chi connectivity index (χ2v) is 3.41. The smallest absolute Gasteiger partial charge is 0.177 e. The summed E-state index contributed by atoms with van der Waals surface area (Å²) in [5.41, 5.74) is 6.67. The molecule has 12 heavy (non-hydrogen) atoms. The molecule has 0 radical (unpaired) electrons. The van der Waals surface area contributed by atoms with Crippen molar-refractivity contribution in [2.45, 2.75) is 0 Å². The molecule has 0 amide bonds. The van der Waals surface area contributed by atoms with Crippen molar-refractivity contribution >= 4 is 39.0 Å². The largest absolute Gasteiger partial charge is 0.398 e. The SMILES string of the molecule is Nc1cc(C(=O)CCl)ccc1Br. The first-order valence-electron chi connectivity index (χ1n) is 3.29. The van der Waals surface area contributed by atoms with Crippen LogP contribution in [0.15, 0.2) is 22.7 Å². The van der Waals surface area contributed by atoms with Crippen LogP contribution in [0, 0.1) is 0 Å². The highest BCUT2D eigenvalue weighted by molar-refractivity contribution is 9.10. The number of Topliss-reactive ketones (excluding diaryl/α,β-unsaturated/α-hetero) is 1. The lowest BCUT2D eigenvalue weighted by atomic mass is 10.1. The fourth-order valence-electron chi connectivity index (χ4n) is 0.794. The number of alkyl halides is 1. The van der Waals surface area contributed by atoms with Crippen molar-refractivity contribution in [1.29, 1.82) is 0 Å². The Morgan fingerprint density at radius 2 is 2.25 bits per heavy atom. The van der Waals surface area contributed by atoms with Crippen LogP contribution in [-0.4, -0.2) is 11.7 Å². The zero-order valence-corrected chi connectivity index (χ0v) is 8.52. The molecule has 0 fully saturated rings. The minimum absolute atomic E-state index is 0.0128. The number of benzene rings is 1. The molecule has 0 spiro atoms. The summed E-state index contributed by atoms with van der Waals surface area (Å²) in [6.45, 7) is 0. The van der Waals surface area contributed by atoms with Crippen LogP contribution in [0.5, 0.6) is 0 Å². The number of carbonyl (C=O) groups excluding carboxylic acids is 1. The second-order valence-electron chi connectivity index (χ2n) is 2.29. The highest BCUT2D eigenvalue weighted by Gasteiger charge is 2.05. The molecule has 0 aliphatic heterocycles. The third-order valence-corrected chi connectivity index (χ3v) is 2.40. The highest BCUT2D eigenvalue weighted by Crippen LogP contribution is 2.20. The van der Waals surface area contributed by atoms with Gasteiger partial charge in [-0.1, -0.05) is 6.07 Å². The van der Waals surface area contributed by atoms with Gasteiger partial charge in [-0.2, -0.15) is 0 Å². The normalized spacial score (nSPS) is 9.83. The number of carbonyl (C=O) groups is 1. The number of ketones is 1. The minimum atomic E-state index is -0.115. The van der Waals surface area contributed by atoms with Gasteiger partial charge in [0.05, 0.1) is 5.88 Å². The summed E-state index contributed by atoms with van der Waals surface area (Å²) in [7, 11) is 0. The molecule has 2 N–H and O–H groups in total. The van der Waals surface area contributed by atoms with E-state index >= 15 is 0 Å². The van der Waals surface area contributed by atoms with E-state index in [0.29, 0.717) is 11.3 Å². The van der Waals surface area contributed by atoms with Gasteiger partial charge in [-0.05, 0) is 28.1 Å². The Bertz CT molecular complexity index is 314. The van der Waals surface area contributed by atoms with Crippen molar-refractivity contribution in [3.63, 3.8) is 0 Å². The molecule has 0 aromatic heterocycles. The van der Waals surface area contributed by atoms with E-state index in [9.17, 15) is 4.79 Å². The van der Waals surface area contributed by atoms with E-state index in [4.69, 9.17) is 17.3 Å². The number of nitrogens with two attached hydrogens (primary N) is 1. The second kappa shape index (κ2) is 3.92. The predicted octanol–water partition coefficient (Wildman–Crippen LogP) is 2.45. The van der Waals surface area contributed by atoms with Gasteiger partial charge in [0, 0.05) is 15.7 Å². The van der Waals surface area contributed by atoms with Gasteiger partial charge in [0.15, 0.2) is 5.78 Å². The van der Waals surface area contributed by atoms with E-state index in [1.165, 1.54) is 0 Å². The maximum Gasteiger partial charge on any atom is 0.177 e. The molecular formula is C8H7BrClNO. The van der Waals surface area contributed by atoms with Crippen molar-refractivity contribution in [1.82, 2.24) is 0 Å². The van der Waals surface area contributed by atoms with E-state index in [1.54, 1.807) is 18.2 Å². The van der Waals surface area contributed by atoms with Gasteiger partial charge in [0.2, 0.25) is 0 Å². The van der Waals surface area contributed by atoms with Gasteiger partial charge >= 0.3 is 0 Å². The molecule has 1 aromatic carbocycles. The van der Waals surface area contributed by atoms with Gasteiger partial charge in [0.25, 0.3) is 0 Å². The average molecular weight is 249 g/mol. The number of hydrogen-bond donors (Lipinski definition) is 1. The first-order chi connectivity index (χ1) is 5.65. The first kappa shape index (κ1) is 9.55.